The highest BCUT2D eigenvalue weighted by atomic mass is 79.9. The summed E-state index contributed by atoms with van der Waals surface area (Å²) in [6, 6.07) is 8.38. The number of carbonyl (C=O) groups excluding carboxylic acids is 1. The average Bonchev–Trinajstić information content (AvgIpc) is 2.39. The molecule has 3 nitrogen and oxygen atoms in total. The zero-order valence-corrected chi connectivity index (χ0v) is 12.8. The lowest BCUT2D eigenvalue weighted by Crippen LogP contribution is -2.37. The van der Waals surface area contributed by atoms with Gasteiger partial charge in [-0.25, -0.2) is 0 Å². The highest BCUT2D eigenvalue weighted by molar-refractivity contribution is 9.10. The number of nitrogens with two attached hydrogens (primary N) is 1. The van der Waals surface area contributed by atoms with Crippen LogP contribution in [0.3, 0.4) is 0 Å². The Labute approximate surface area is 123 Å². The van der Waals surface area contributed by atoms with Crippen molar-refractivity contribution in [1.29, 1.82) is 0 Å². The van der Waals surface area contributed by atoms with Gasteiger partial charge in [0.05, 0.1) is 6.04 Å². The van der Waals surface area contributed by atoms with E-state index in [1.165, 1.54) is 0 Å². The Kier molecular flexibility index (Phi) is 4.99. The van der Waals surface area contributed by atoms with E-state index in [9.17, 15) is 4.79 Å². The van der Waals surface area contributed by atoms with Gasteiger partial charge in [-0.3, -0.25) is 4.79 Å². The number of halogens is 1. The molecule has 1 fully saturated rings. The Bertz CT molecular complexity index is 442. The molecule has 1 unspecified atom stereocenters. The molecule has 0 saturated heterocycles. The number of rotatable bonds is 3. The van der Waals surface area contributed by atoms with Gasteiger partial charge in [0.15, 0.2) is 0 Å². The maximum Gasteiger partial charge on any atom is 0.223 e. The van der Waals surface area contributed by atoms with Crippen molar-refractivity contribution in [3.63, 3.8) is 0 Å². The standard InChI is InChI=1S/C15H21BrN2O/c1-10(12-3-2-4-13(16)9-12)18-15(19)11-5-7-14(17)8-6-11/h2-4,9-11,14H,5-8,17H2,1H3,(H,18,19). The lowest BCUT2D eigenvalue weighted by atomic mass is 9.85. The van der Waals surface area contributed by atoms with Gasteiger partial charge < -0.3 is 11.1 Å². The van der Waals surface area contributed by atoms with E-state index < -0.39 is 0 Å². The Morgan fingerprint density at radius 3 is 2.68 bits per heavy atom. The van der Waals surface area contributed by atoms with Crippen LogP contribution in [0.4, 0.5) is 0 Å². The van der Waals surface area contributed by atoms with Crippen molar-refractivity contribution in [2.45, 2.75) is 44.7 Å². The molecule has 0 radical (unpaired) electrons. The second-order valence-electron chi connectivity index (χ2n) is 5.40. The average molecular weight is 325 g/mol. The summed E-state index contributed by atoms with van der Waals surface area (Å²) in [5.74, 6) is 0.300. The summed E-state index contributed by atoms with van der Waals surface area (Å²) in [6.07, 6.45) is 3.75. The molecule has 1 aliphatic rings. The van der Waals surface area contributed by atoms with Crippen LogP contribution in [0.5, 0.6) is 0 Å². The fourth-order valence-electron chi connectivity index (χ4n) is 2.57. The molecule has 0 bridgehead atoms. The third-order valence-corrected chi connectivity index (χ3v) is 4.34. The van der Waals surface area contributed by atoms with Crippen LogP contribution in [-0.4, -0.2) is 11.9 Å². The first-order valence-corrected chi connectivity index (χ1v) is 7.67. The van der Waals surface area contributed by atoms with Gasteiger partial charge in [-0.15, -0.1) is 0 Å². The first kappa shape index (κ1) is 14.5. The molecule has 4 heteroatoms. The molecule has 2 rings (SSSR count). The van der Waals surface area contributed by atoms with Crippen LogP contribution >= 0.6 is 15.9 Å². The topological polar surface area (TPSA) is 55.1 Å². The fraction of sp³-hybridized carbons (Fsp3) is 0.533. The molecule has 19 heavy (non-hydrogen) atoms. The molecule has 104 valence electrons. The van der Waals surface area contributed by atoms with Crippen LogP contribution in [0.25, 0.3) is 0 Å². The Morgan fingerprint density at radius 1 is 1.37 bits per heavy atom. The summed E-state index contributed by atoms with van der Waals surface area (Å²) in [4.78, 5) is 12.2. The maximum absolute atomic E-state index is 12.2. The van der Waals surface area contributed by atoms with Crippen molar-refractivity contribution in [3.05, 3.63) is 34.3 Å². The van der Waals surface area contributed by atoms with Crippen molar-refractivity contribution in [2.24, 2.45) is 11.7 Å². The van der Waals surface area contributed by atoms with Crippen molar-refractivity contribution in [2.75, 3.05) is 0 Å². The van der Waals surface area contributed by atoms with E-state index in [1.54, 1.807) is 0 Å². The molecule has 3 N–H and O–H groups in total. The van der Waals surface area contributed by atoms with E-state index in [0.29, 0.717) is 0 Å². The predicted molar refractivity (Wildman–Crippen MR) is 80.6 cm³/mol. The zero-order chi connectivity index (χ0) is 13.8. The van der Waals surface area contributed by atoms with Crippen molar-refractivity contribution in [3.8, 4) is 0 Å². The van der Waals surface area contributed by atoms with Crippen LogP contribution in [-0.2, 0) is 4.79 Å². The first-order valence-electron chi connectivity index (χ1n) is 6.87. The third kappa shape index (κ3) is 4.05. The third-order valence-electron chi connectivity index (χ3n) is 3.85. The number of nitrogens with one attached hydrogen (secondary N) is 1. The lowest BCUT2D eigenvalue weighted by Gasteiger charge is -2.26. The molecule has 0 aliphatic heterocycles. The van der Waals surface area contributed by atoms with Crippen LogP contribution in [0.15, 0.2) is 28.7 Å². The monoisotopic (exact) mass is 324 g/mol. The van der Waals surface area contributed by atoms with Crippen LogP contribution in [0.1, 0.15) is 44.2 Å². The Balaban J connectivity index is 1.91. The molecule has 1 aliphatic carbocycles. The number of benzene rings is 1. The number of carbonyl (C=O) groups is 1. The molecular formula is C15H21BrN2O. The second-order valence-corrected chi connectivity index (χ2v) is 6.31. The summed E-state index contributed by atoms with van der Waals surface area (Å²) in [5, 5.41) is 3.11. The van der Waals surface area contributed by atoms with Crippen molar-refractivity contribution < 1.29 is 4.79 Å². The van der Waals surface area contributed by atoms with Crippen molar-refractivity contribution >= 4 is 21.8 Å². The van der Waals surface area contributed by atoms with Gasteiger partial charge in [-0.2, -0.15) is 0 Å². The van der Waals surface area contributed by atoms with E-state index in [0.717, 1.165) is 35.7 Å². The van der Waals surface area contributed by atoms with Gasteiger partial charge in [0.2, 0.25) is 5.91 Å². The molecule has 1 aromatic rings. The SMILES string of the molecule is CC(NC(=O)C1CCC(N)CC1)c1cccc(Br)c1. The molecule has 1 saturated carbocycles. The van der Waals surface area contributed by atoms with Crippen LogP contribution in [0, 0.1) is 5.92 Å². The van der Waals surface area contributed by atoms with Crippen LogP contribution in [0.2, 0.25) is 0 Å². The largest absolute Gasteiger partial charge is 0.349 e. The molecule has 1 aromatic carbocycles. The van der Waals surface area contributed by atoms with Gasteiger partial charge >= 0.3 is 0 Å². The number of hydrogen-bond acceptors (Lipinski definition) is 2. The van der Waals surface area contributed by atoms with Crippen LogP contribution < -0.4 is 11.1 Å². The van der Waals surface area contributed by atoms with E-state index in [2.05, 4.69) is 21.2 Å². The molecule has 1 amide bonds. The highest BCUT2D eigenvalue weighted by Gasteiger charge is 2.25. The van der Waals surface area contributed by atoms with Gasteiger partial charge in [0, 0.05) is 16.4 Å². The quantitative estimate of drug-likeness (QED) is 0.897. The van der Waals surface area contributed by atoms with E-state index >= 15 is 0 Å². The van der Waals surface area contributed by atoms with E-state index in [-0.39, 0.29) is 23.9 Å². The highest BCUT2D eigenvalue weighted by Crippen LogP contribution is 2.25. The van der Waals surface area contributed by atoms with Gasteiger partial charge in [0.1, 0.15) is 0 Å². The number of hydrogen-bond donors (Lipinski definition) is 2. The Hall–Kier alpha value is -0.870. The Morgan fingerprint density at radius 2 is 2.05 bits per heavy atom. The minimum Gasteiger partial charge on any atom is -0.349 e. The smallest absolute Gasteiger partial charge is 0.223 e. The summed E-state index contributed by atoms with van der Waals surface area (Å²) < 4.78 is 1.04. The summed E-state index contributed by atoms with van der Waals surface area (Å²) in [6.45, 7) is 2.02. The second kappa shape index (κ2) is 6.53. The summed E-state index contributed by atoms with van der Waals surface area (Å²) in [5.41, 5.74) is 6.99. The fourth-order valence-corrected chi connectivity index (χ4v) is 2.99. The summed E-state index contributed by atoms with van der Waals surface area (Å²) in [7, 11) is 0. The normalized spacial score (nSPS) is 24.8. The van der Waals surface area contributed by atoms with Gasteiger partial charge in [0.25, 0.3) is 0 Å². The van der Waals surface area contributed by atoms with Crippen molar-refractivity contribution in [1.82, 2.24) is 5.32 Å². The minimum absolute atomic E-state index is 0.0422. The number of amides is 1. The zero-order valence-electron chi connectivity index (χ0n) is 11.2. The molecule has 0 heterocycles. The predicted octanol–water partition coefficient (Wildman–Crippen LogP) is 3.14. The van der Waals surface area contributed by atoms with E-state index in [1.807, 2.05) is 31.2 Å². The van der Waals surface area contributed by atoms with E-state index in [4.69, 9.17) is 5.73 Å². The molecule has 1 atom stereocenters. The molecule has 0 spiro atoms. The minimum atomic E-state index is 0.0422. The first-order chi connectivity index (χ1) is 9.06. The molecular weight excluding hydrogens is 304 g/mol. The lowest BCUT2D eigenvalue weighted by molar-refractivity contribution is -0.126. The summed E-state index contributed by atoms with van der Waals surface area (Å²) >= 11 is 3.45. The van der Waals surface area contributed by atoms with Gasteiger partial charge in [-0.1, -0.05) is 28.1 Å². The van der Waals surface area contributed by atoms with Gasteiger partial charge in [-0.05, 0) is 50.3 Å². The molecule has 0 aromatic heterocycles. The maximum atomic E-state index is 12.2.